The summed E-state index contributed by atoms with van der Waals surface area (Å²) in [5.41, 5.74) is 6.28. The van der Waals surface area contributed by atoms with Crippen molar-refractivity contribution in [3.05, 3.63) is 51.8 Å². The van der Waals surface area contributed by atoms with Gasteiger partial charge in [-0.15, -0.1) is 5.10 Å². The largest absolute Gasteiger partial charge is 0.404 e. The van der Waals surface area contributed by atoms with Gasteiger partial charge in [0.2, 0.25) is 5.89 Å². The first-order valence-electron chi connectivity index (χ1n) is 6.75. The van der Waals surface area contributed by atoms with Gasteiger partial charge in [-0.25, -0.2) is 9.48 Å². The number of nitrogen functional groups attached to an aromatic ring is 1. The number of anilines is 1. The third kappa shape index (κ3) is 2.91. The van der Waals surface area contributed by atoms with E-state index in [2.05, 4.69) is 10.1 Å². The molecule has 23 heavy (non-hydrogen) atoms. The highest BCUT2D eigenvalue weighted by Gasteiger charge is 2.17. The van der Waals surface area contributed by atoms with E-state index < -0.39 is 5.63 Å². The van der Waals surface area contributed by atoms with Crippen LogP contribution in [0.2, 0.25) is 5.02 Å². The second-order valence-electron chi connectivity index (χ2n) is 5.09. The minimum Gasteiger partial charge on any atom is -0.404 e. The Morgan fingerprint density at radius 2 is 2.00 bits per heavy atom. The van der Waals surface area contributed by atoms with Crippen LogP contribution in [-0.4, -0.2) is 33.8 Å². The first-order valence-corrected chi connectivity index (χ1v) is 7.13. The predicted octanol–water partition coefficient (Wildman–Crippen LogP) is 2.14. The summed E-state index contributed by atoms with van der Waals surface area (Å²) in [6, 6.07) is 6.97. The number of aromatic nitrogens is 3. The molecule has 0 radical (unpaired) electrons. The molecule has 0 atom stereocenters. The lowest BCUT2D eigenvalue weighted by atomic mass is 10.3. The number of nitrogens with zero attached hydrogens (tertiary/aromatic N) is 4. The summed E-state index contributed by atoms with van der Waals surface area (Å²) < 4.78 is 6.65. The molecule has 7 nitrogen and oxygen atoms in total. The van der Waals surface area contributed by atoms with Gasteiger partial charge in [0.05, 0.1) is 5.69 Å². The van der Waals surface area contributed by atoms with E-state index in [1.807, 2.05) is 14.1 Å². The number of hydrogen-bond donors (Lipinski definition) is 1. The second kappa shape index (κ2) is 5.77. The van der Waals surface area contributed by atoms with Gasteiger partial charge >= 0.3 is 5.63 Å². The standard InChI is InChI=1S/C15H14ClN5O2/c1-20(2)8-7-11-18-14-12(15(22)23-11)13(17)19-21(14)10-5-3-9(16)4-6-10/h3-8H,1-2H3,(H2,17,19). The normalized spacial score (nSPS) is 11.4. The zero-order chi connectivity index (χ0) is 16.6. The molecular weight excluding hydrogens is 318 g/mol. The summed E-state index contributed by atoms with van der Waals surface area (Å²) in [6.07, 6.45) is 3.32. The van der Waals surface area contributed by atoms with Crippen molar-refractivity contribution in [3.63, 3.8) is 0 Å². The molecule has 0 aliphatic carbocycles. The van der Waals surface area contributed by atoms with Gasteiger partial charge in [-0.3, -0.25) is 0 Å². The van der Waals surface area contributed by atoms with Crippen molar-refractivity contribution >= 4 is 34.5 Å². The number of hydrogen-bond acceptors (Lipinski definition) is 6. The summed E-state index contributed by atoms with van der Waals surface area (Å²) in [6.45, 7) is 0. The van der Waals surface area contributed by atoms with Crippen LogP contribution in [0.5, 0.6) is 0 Å². The average Bonchev–Trinajstić information content (AvgIpc) is 2.83. The summed E-state index contributed by atoms with van der Waals surface area (Å²) in [5.74, 6) is 0.241. The van der Waals surface area contributed by atoms with Crippen molar-refractivity contribution in [2.75, 3.05) is 19.8 Å². The van der Waals surface area contributed by atoms with Crippen LogP contribution in [0, 0.1) is 0 Å². The molecule has 118 valence electrons. The second-order valence-corrected chi connectivity index (χ2v) is 5.53. The Bertz CT molecular complexity index is 941. The van der Waals surface area contributed by atoms with Crippen molar-refractivity contribution in [2.24, 2.45) is 0 Å². The highest BCUT2D eigenvalue weighted by molar-refractivity contribution is 6.30. The monoisotopic (exact) mass is 331 g/mol. The fraction of sp³-hybridized carbons (Fsp3) is 0.133. The quantitative estimate of drug-likeness (QED) is 0.790. The fourth-order valence-corrected chi connectivity index (χ4v) is 2.17. The Morgan fingerprint density at radius 1 is 1.30 bits per heavy atom. The van der Waals surface area contributed by atoms with Crippen molar-refractivity contribution in [2.45, 2.75) is 0 Å². The van der Waals surface area contributed by atoms with Crippen LogP contribution in [-0.2, 0) is 0 Å². The van der Waals surface area contributed by atoms with E-state index >= 15 is 0 Å². The van der Waals surface area contributed by atoms with E-state index in [1.54, 1.807) is 41.4 Å². The van der Waals surface area contributed by atoms with Gasteiger partial charge in [-0.2, -0.15) is 4.98 Å². The number of halogens is 1. The Morgan fingerprint density at radius 3 is 2.65 bits per heavy atom. The van der Waals surface area contributed by atoms with Gasteiger partial charge in [0.1, 0.15) is 5.39 Å². The minimum absolute atomic E-state index is 0.0688. The van der Waals surface area contributed by atoms with Crippen LogP contribution in [0.4, 0.5) is 5.82 Å². The van der Waals surface area contributed by atoms with Gasteiger partial charge in [0.25, 0.3) is 0 Å². The maximum Gasteiger partial charge on any atom is 0.352 e. The van der Waals surface area contributed by atoms with Gasteiger partial charge in [0, 0.05) is 31.4 Å². The van der Waals surface area contributed by atoms with E-state index in [9.17, 15) is 4.79 Å². The maximum atomic E-state index is 12.2. The first-order chi connectivity index (χ1) is 11.0. The van der Waals surface area contributed by atoms with Crippen LogP contribution in [0.25, 0.3) is 22.8 Å². The molecule has 2 heterocycles. The molecule has 0 saturated carbocycles. The van der Waals surface area contributed by atoms with Gasteiger partial charge < -0.3 is 15.1 Å². The molecule has 3 aromatic rings. The molecule has 0 fully saturated rings. The molecule has 0 unspecified atom stereocenters. The van der Waals surface area contributed by atoms with E-state index in [0.717, 1.165) is 0 Å². The molecule has 0 aliphatic rings. The summed E-state index contributed by atoms with van der Waals surface area (Å²) in [5, 5.41) is 4.93. The number of nitrogens with two attached hydrogens (primary N) is 1. The molecule has 8 heteroatoms. The lowest BCUT2D eigenvalue weighted by Crippen LogP contribution is -2.06. The summed E-state index contributed by atoms with van der Waals surface area (Å²) in [4.78, 5) is 18.3. The zero-order valence-electron chi connectivity index (χ0n) is 12.5. The predicted molar refractivity (Wildman–Crippen MR) is 89.5 cm³/mol. The van der Waals surface area contributed by atoms with Crippen LogP contribution in [0.3, 0.4) is 0 Å². The van der Waals surface area contributed by atoms with Crippen molar-refractivity contribution in [1.29, 1.82) is 0 Å². The number of rotatable bonds is 3. The fourth-order valence-electron chi connectivity index (χ4n) is 2.04. The van der Waals surface area contributed by atoms with Crippen LogP contribution < -0.4 is 11.4 Å². The van der Waals surface area contributed by atoms with Crippen molar-refractivity contribution in [3.8, 4) is 5.69 Å². The molecular formula is C15H14ClN5O2. The number of fused-ring (bicyclic) bond motifs is 1. The minimum atomic E-state index is -0.578. The molecule has 0 aliphatic heterocycles. The maximum absolute atomic E-state index is 12.2. The third-order valence-electron chi connectivity index (χ3n) is 3.09. The van der Waals surface area contributed by atoms with E-state index in [-0.39, 0.29) is 17.1 Å². The third-order valence-corrected chi connectivity index (χ3v) is 3.34. The molecule has 0 bridgehead atoms. The highest BCUT2D eigenvalue weighted by Crippen LogP contribution is 2.21. The van der Waals surface area contributed by atoms with Gasteiger partial charge in [-0.05, 0) is 24.3 Å². The SMILES string of the molecule is CN(C)C=Cc1nc2c(c(N)nn2-c2ccc(Cl)cc2)c(=O)o1. The highest BCUT2D eigenvalue weighted by atomic mass is 35.5. The first kappa shape index (κ1) is 15.1. The van der Waals surface area contributed by atoms with Crippen LogP contribution in [0.15, 0.2) is 39.7 Å². The Labute approximate surface area is 136 Å². The lowest BCUT2D eigenvalue weighted by molar-refractivity contribution is 0.487. The van der Waals surface area contributed by atoms with Crippen molar-refractivity contribution in [1.82, 2.24) is 19.7 Å². The summed E-state index contributed by atoms with van der Waals surface area (Å²) >= 11 is 5.90. The van der Waals surface area contributed by atoms with Crippen LogP contribution in [0.1, 0.15) is 5.89 Å². The Balaban J connectivity index is 2.23. The van der Waals surface area contributed by atoms with Gasteiger partial charge in [-0.1, -0.05) is 11.6 Å². The molecule has 0 amide bonds. The van der Waals surface area contributed by atoms with Crippen LogP contribution >= 0.6 is 11.6 Å². The molecule has 0 saturated heterocycles. The van der Waals surface area contributed by atoms with Gasteiger partial charge in [0.15, 0.2) is 11.5 Å². The molecule has 3 rings (SSSR count). The smallest absolute Gasteiger partial charge is 0.352 e. The van der Waals surface area contributed by atoms with E-state index in [4.69, 9.17) is 21.8 Å². The topological polar surface area (TPSA) is 90.2 Å². The summed E-state index contributed by atoms with van der Waals surface area (Å²) in [7, 11) is 3.70. The van der Waals surface area contributed by atoms with E-state index in [0.29, 0.717) is 16.4 Å². The average molecular weight is 332 g/mol. The zero-order valence-corrected chi connectivity index (χ0v) is 13.3. The Kier molecular flexibility index (Phi) is 3.79. The van der Waals surface area contributed by atoms with E-state index in [1.165, 1.54) is 4.68 Å². The molecule has 0 spiro atoms. The lowest BCUT2D eigenvalue weighted by Gasteiger charge is -2.04. The number of benzene rings is 1. The van der Waals surface area contributed by atoms with Crippen molar-refractivity contribution < 1.29 is 4.42 Å². The Hall–Kier alpha value is -2.80. The molecule has 1 aromatic carbocycles. The molecule has 2 N–H and O–H groups in total. The molecule has 2 aromatic heterocycles.